The SMILES string of the molecule is COc1ccc(N(Cc2ccc([N+](=O)[O-])cc2)C(=O)c2cccc([N+](=O)[O-])c2C(=O)O)cc1. The first-order valence-corrected chi connectivity index (χ1v) is 9.43. The maximum absolute atomic E-state index is 13.5. The summed E-state index contributed by atoms with van der Waals surface area (Å²) in [7, 11) is 1.47. The number of nitrogens with zero attached hydrogens (tertiary/aromatic N) is 3. The van der Waals surface area contributed by atoms with Crippen LogP contribution in [0.3, 0.4) is 0 Å². The number of carbonyl (C=O) groups excluding carboxylic acids is 1. The van der Waals surface area contributed by atoms with E-state index in [0.717, 1.165) is 6.07 Å². The van der Waals surface area contributed by atoms with Crippen molar-refractivity contribution in [2.75, 3.05) is 12.0 Å². The number of hydrogen-bond acceptors (Lipinski definition) is 7. The molecule has 0 unspecified atom stereocenters. The van der Waals surface area contributed by atoms with Gasteiger partial charge in [-0.1, -0.05) is 18.2 Å². The topological polar surface area (TPSA) is 153 Å². The average Bonchev–Trinajstić information content (AvgIpc) is 2.81. The van der Waals surface area contributed by atoms with Gasteiger partial charge in [0.05, 0.1) is 29.1 Å². The third kappa shape index (κ3) is 4.93. The summed E-state index contributed by atoms with van der Waals surface area (Å²) in [6, 6.07) is 15.3. The Morgan fingerprint density at radius 1 is 0.939 bits per heavy atom. The number of amides is 1. The number of nitro benzene ring substituents is 2. The molecule has 33 heavy (non-hydrogen) atoms. The van der Waals surface area contributed by atoms with E-state index in [-0.39, 0.29) is 17.8 Å². The number of carboxylic acid groups (broad SMARTS) is 1. The first kappa shape index (κ1) is 22.9. The summed E-state index contributed by atoms with van der Waals surface area (Å²) in [6.07, 6.45) is 0. The van der Waals surface area contributed by atoms with Crippen LogP contribution in [0.5, 0.6) is 5.75 Å². The number of carbonyl (C=O) groups is 2. The fourth-order valence-electron chi connectivity index (χ4n) is 3.19. The minimum Gasteiger partial charge on any atom is -0.497 e. The van der Waals surface area contributed by atoms with Crippen molar-refractivity contribution in [2.24, 2.45) is 0 Å². The minimum atomic E-state index is -1.62. The van der Waals surface area contributed by atoms with Gasteiger partial charge in [-0.2, -0.15) is 0 Å². The molecular formula is C22H17N3O8. The van der Waals surface area contributed by atoms with Crippen LogP contribution >= 0.6 is 0 Å². The highest BCUT2D eigenvalue weighted by Gasteiger charge is 2.30. The minimum absolute atomic E-state index is 0.0785. The molecule has 0 fully saturated rings. The number of benzene rings is 3. The number of nitro groups is 2. The van der Waals surface area contributed by atoms with E-state index in [2.05, 4.69) is 0 Å². The Labute approximate surface area is 186 Å². The van der Waals surface area contributed by atoms with Crippen molar-refractivity contribution in [2.45, 2.75) is 6.54 Å². The third-order valence-electron chi connectivity index (χ3n) is 4.80. The first-order valence-electron chi connectivity index (χ1n) is 9.43. The number of hydrogen-bond donors (Lipinski definition) is 1. The average molecular weight is 451 g/mol. The van der Waals surface area contributed by atoms with E-state index in [4.69, 9.17) is 4.74 Å². The number of non-ortho nitro benzene ring substituents is 1. The second kappa shape index (κ2) is 9.56. The first-order chi connectivity index (χ1) is 15.7. The summed E-state index contributed by atoms with van der Waals surface area (Å²) in [6.45, 7) is -0.0785. The van der Waals surface area contributed by atoms with E-state index < -0.39 is 33.0 Å². The number of methoxy groups -OCH3 is 1. The zero-order valence-electron chi connectivity index (χ0n) is 17.2. The molecule has 0 saturated carbocycles. The Bertz CT molecular complexity index is 1220. The van der Waals surface area contributed by atoms with Crippen molar-refractivity contribution in [1.82, 2.24) is 0 Å². The van der Waals surface area contributed by atoms with Crippen LogP contribution in [0.25, 0.3) is 0 Å². The van der Waals surface area contributed by atoms with Gasteiger partial charge in [0.2, 0.25) is 0 Å². The lowest BCUT2D eigenvalue weighted by Crippen LogP contribution is -2.32. The van der Waals surface area contributed by atoms with Crippen LogP contribution in [0.4, 0.5) is 17.1 Å². The molecule has 0 atom stereocenters. The van der Waals surface area contributed by atoms with Crippen molar-refractivity contribution in [3.8, 4) is 5.75 Å². The van der Waals surface area contributed by atoms with Crippen LogP contribution in [-0.2, 0) is 6.54 Å². The highest BCUT2D eigenvalue weighted by atomic mass is 16.6. The van der Waals surface area contributed by atoms with Crippen molar-refractivity contribution < 1.29 is 29.3 Å². The Morgan fingerprint density at radius 2 is 1.58 bits per heavy atom. The van der Waals surface area contributed by atoms with Crippen molar-refractivity contribution >= 4 is 28.9 Å². The Morgan fingerprint density at radius 3 is 2.09 bits per heavy atom. The standard InChI is InChI=1S/C22H17N3O8/c1-33-17-11-9-15(10-12-17)23(13-14-5-7-16(8-6-14)24(29)30)21(26)18-3-2-4-19(25(31)32)20(18)22(27)28/h2-12H,13H2,1H3,(H,27,28). The molecule has 3 aromatic rings. The second-order valence-electron chi connectivity index (χ2n) is 6.77. The van der Waals surface area contributed by atoms with Gasteiger partial charge in [0, 0.05) is 23.9 Å². The second-order valence-corrected chi connectivity index (χ2v) is 6.77. The molecule has 1 amide bonds. The molecule has 0 aliphatic heterocycles. The van der Waals surface area contributed by atoms with Gasteiger partial charge < -0.3 is 14.7 Å². The van der Waals surface area contributed by atoms with E-state index in [0.29, 0.717) is 17.0 Å². The molecule has 0 aromatic heterocycles. The van der Waals surface area contributed by atoms with Gasteiger partial charge in [0.25, 0.3) is 17.3 Å². The van der Waals surface area contributed by atoms with Gasteiger partial charge in [-0.15, -0.1) is 0 Å². The number of carboxylic acids is 1. The highest BCUT2D eigenvalue weighted by molar-refractivity contribution is 6.13. The highest BCUT2D eigenvalue weighted by Crippen LogP contribution is 2.28. The van der Waals surface area contributed by atoms with Crippen molar-refractivity contribution in [3.05, 3.63) is 104 Å². The van der Waals surface area contributed by atoms with Gasteiger partial charge in [0.15, 0.2) is 0 Å². The van der Waals surface area contributed by atoms with Crippen LogP contribution in [0.2, 0.25) is 0 Å². The fraction of sp³-hybridized carbons (Fsp3) is 0.0909. The lowest BCUT2D eigenvalue weighted by atomic mass is 10.0. The molecule has 0 bridgehead atoms. The number of aromatic carboxylic acids is 1. The molecule has 11 heteroatoms. The fourth-order valence-corrected chi connectivity index (χ4v) is 3.19. The third-order valence-corrected chi connectivity index (χ3v) is 4.80. The molecule has 0 saturated heterocycles. The maximum Gasteiger partial charge on any atom is 0.343 e. The number of rotatable bonds is 8. The van der Waals surface area contributed by atoms with Gasteiger partial charge in [-0.3, -0.25) is 25.0 Å². The van der Waals surface area contributed by atoms with E-state index in [1.807, 2.05) is 0 Å². The molecule has 1 N–H and O–H groups in total. The summed E-state index contributed by atoms with van der Waals surface area (Å²) in [5.74, 6) is -1.89. The molecular weight excluding hydrogens is 434 g/mol. The van der Waals surface area contributed by atoms with E-state index in [1.165, 1.54) is 48.4 Å². The van der Waals surface area contributed by atoms with Crippen LogP contribution in [0.1, 0.15) is 26.3 Å². The van der Waals surface area contributed by atoms with Crippen LogP contribution in [0.15, 0.2) is 66.7 Å². The predicted octanol–water partition coefficient (Wildman–Crippen LogP) is 4.06. The number of anilines is 1. The molecule has 0 spiro atoms. The molecule has 0 aliphatic carbocycles. The largest absolute Gasteiger partial charge is 0.497 e. The van der Waals surface area contributed by atoms with Crippen molar-refractivity contribution in [3.63, 3.8) is 0 Å². The van der Waals surface area contributed by atoms with E-state index in [1.54, 1.807) is 24.3 Å². The summed E-state index contributed by atoms with van der Waals surface area (Å²) in [4.78, 5) is 47.3. The smallest absolute Gasteiger partial charge is 0.343 e. The van der Waals surface area contributed by atoms with Crippen molar-refractivity contribution in [1.29, 1.82) is 0 Å². The maximum atomic E-state index is 13.5. The van der Waals surface area contributed by atoms with Gasteiger partial charge in [0.1, 0.15) is 11.3 Å². The Balaban J connectivity index is 2.10. The summed E-state index contributed by atoms with van der Waals surface area (Å²) in [5, 5.41) is 31.8. The summed E-state index contributed by atoms with van der Waals surface area (Å²) in [5.41, 5.74) is -1.05. The molecule has 3 rings (SSSR count). The molecule has 11 nitrogen and oxygen atoms in total. The van der Waals surface area contributed by atoms with E-state index >= 15 is 0 Å². The van der Waals surface area contributed by atoms with Crippen LogP contribution < -0.4 is 9.64 Å². The van der Waals surface area contributed by atoms with Crippen LogP contribution in [0, 0.1) is 20.2 Å². The monoisotopic (exact) mass is 451 g/mol. The number of ether oxygens (including phenoxy) is 1. The Kier molecular flexibility index (Phi) is 6.63. The quantitative estimate of drug-likeness (QED) is 0.397. The lowest BCUT2D eigenvalue weighted by Gasteiger charge is -2.24. The molecule has 3 aromatic carbocycles. The van der Waals surface area contributed by atoms with E-state index in [9.17, 15) is 34.9 Å². The van der Waals surface area contributed by atoms with Gasteiger partial charge >= 0.3 is 5.97 Å². The lowest BCUT2D eigenvalue weighted by molar-refractivity contribution is -0.385. The zero-order chi connectivity index (χ0) is 24.1. The summed E-state index contributed by atoms with van der Waals surface area (Å²) >= 11 is 0. The molecule has 168 valence electrons. The zero-order valence-corrected chi connectivity index (χ0v) is 17.2. The Hall–Kier alpha value is -4.80. The summed E-state index contributed by atoms with van der Waals surface area (Å²) < 4.78 is 5.12. The van der Waals surface area contributed by atoms with Gasteiger partial charge in [-0.05, 0) is 35.9 Å². The molecule has 0 radical (unpaired) electrons. The van der Waals surface area contributed by atoms with Crippen LogP contribution in [-0.4, -0.2) is 33.9 Å². The normalized spacial score (nSPS) is 10.3. The van der Waals surface area contributed by atoms with Gasteiger partial charge in [-0.25, -0.2) is 4.79 Å². The molecule has 0 heterocycles. The predicted molar refractivity (Wildman–Crippen MR) is 117 cm³/mol. The molecule has 0 aliphatic rings.